The van der Waals surface area contributed by atoms with E-state index < -0.39 is 28.0 Å². The van der Waals surface area contributed by atoms with Crippen LogP contribution in [0.2, 0.25) is 0 Å². The molecule has 36 heavy (non-hydrogen) atoms. The zero-order chi connectivity index (χ0) is 26.0. The van der Waals surface area contributed by atoms with Gasteiger partial charge in [-0.15, -0.1) is 11.3 Å². The van der Waals surface area contributed by atoms with Gasteiger partial charge in [0.25, 0.3) is 0 Å². The van der Waals surface area contributed by atoms with E-state index in [1.54, 1.807) is 18.3 Å². The largest absolute Gasteiger partial charge is 0.371 e. The minimum Gasteiger partial charge on any atom is -0.371 e. The molecule has 1 aliphatic heterocycles. The lowest BCUT2D eigenvalue weighted by Gasteiger charge is -2.33. The molecule has 0 bridgehead atoms. The van der Waals surface area contributed by atoms with E-state index in [9.17, 15) is 17.6 Å². The van der Waals surface area contributed by atoms with Gasteiger partial charge in [-0.3, -0.25) is 4.79 Å². The third kappa shape index (κ3) is 5.89. The van der Waals surface area contributed by atoms with E-state index in [0.717, 1.165) is 26.8 Å². The number of alkyl halides is 1. The summed E-state index contributed by atoms with van der Waals surface area (Å²) in [6.45, 7) is 4.96. The summed E-state index contributed by atoms with van der Waals surface area (Å²) < 4.78 is 38.1. The van der Waals surface area contributed by atoms with Gasteiger partial charge < -0.3 is 10.2 Å². The van der Waals surface area contributed by atoms with Gasteiger partial charge in [-0.1, -0.05) is 12.1 Å². The molecule has 1 aliphatic carbocycles. The molecular formula is C26H33FN4O3S2. The average molecular weight is 533 g/mol. The maximum absolute atomic E-state index is 14.3. The monoisotopic (exact) mass is 532 g/mol. The molecule has 4 atom stereocenters. The fourth-order valence-electron chi connectivity index (χ4n) is 5.36. The Labute approximate surface area is 216 Å². The van der Waals surface area contributed by atoms with Crippen LogP contribution >= 0.6 is 11.3 Å². The molecule has 7 nitrogen and oxygen atoms in total. The molecule has 1 amide bonds. The van der Waals surface area contributed by atoms with E-state index in [1.165, 1.54) is 6.26 Å². The van der Waals surface area contributed by atoms with Crippen molar-refractivity contribution in [3.63, 3.8) is 0 Å². The van der Waals surface area contributed by atoms with Crippen LogP contribution in [-0.2, 0) is 14.6 Å². The minimum atomic E-state index is -3.01. The van der Waals surface area contributed by atoms with E-state index in [4.69, 9.17) is 10.2 Å². The van der Waals surface area contributed by atoms with Gasteiger partial charge in [0.05, 0.1) is 26.9 Å². The maximum atomic E-state index is 14.3. The van der Waals surface area contributed by atoms with Gasteiger partial charge in [0, 0.05) is 36.9 Å². The second kappa shape index (κ2) is 10.9. The summed E-state index contributed by atoms with van der Waals surface area (Å²) in [5.41, 5.74) is 2.88. The average Bonchev–Trinajstić information content (AvgIpc) is 3.24. The van der Waals surface area contributed by atoms with E-state index in [0.29, 0.717) is 38.8 Å². The van der Waals surface area contributed by atoms with Crippen molar-refractivity contribution in [2.24, 2.45) is 5.92 Å². The second-order valence-corrected chi connectivity index (χ2v) is 13.5. The van der Waals surface area contributed by atoms with Crippen LogP contribution < -0.4 is 10.2 Å². The number of anilines is 1. The van der Waals surface area contributed by atoms with Crippen molar-refractivity contribution in [1.29, 1.82) is 5.26 Å². The number of amides is 1. The predicted molar refractivity (Wildman–Crippen MR) is 141 cm³/mol. The minimum absolute atomic E-state index is 0.132. The van der Waals surface area contributed by atoms with Crippen LogP contribution in [0.1, 0.15) is 55.6 Å². The van der Waals surface area contributed by atoms with Crippen molar-refractivity contribution >= 4 is 32.8 Å². The topological polar surface area (TPSA) is 103 Å². The molecule has 0 radical (unpaired) electrons. The molecule has 1 saturated carbocycles. The first kappa shape index (κ1) is 26.6. The first-order chi connectivity index (χ1) is 17.1. The number of thiazole rings is 1. The fraction of sp³-hybridized carbons (Fsp3) is 0.577. The fourth-order valence-corrected chi connectivity index (χ4v) is 7.42. The molecule has 2 aromatic rings. The van der Waals surface area contributed by atoms with E-state index >= 15 is 0 Å². The molecule has 0 spiro atoms. The number of nitrogens with one attached hydrogen (secondary N) is 1. The predicted octanol–water partition coefficient (Wildman–Crippen LogP) is 4.38. The molecule has 4 unspecified atom stereocenters. The number of aromatic nitrogens is 1. The lowest BCUT2D eigenvalue weighted by molar-refractivity contribution is -0.127. The van der Waals surface area contributed by atoms with Crippen LogP contribution in [0.4, 0.5) is 10.1 Å². The Bertz CT molecular complexity index is 1230. The summed E-state index contributed by atoms with van der Waals surface area (Å²) in [6.07, 6.45) is 2.59. The van der Waals surface area contributed by atoms with Crippen LogP contribution in [0.15, 0.2) is 24.3 Å². The number of carbonyl (C=O) groups excluding carboxylic acids is 1. The number of rotatable bonds is 6. The van der Waals surface area contributed by atoms with Crippen LogP contribution in [0, 0.1) is 24.2 Å². The Morgan fingerprint density at radius 1 is 1.22 bits per heavy atom. The molecule has 4 rings (SSSR count). The molecule has 1 N–H and O–H groups in total. The number of hydrogen-bond donors (Lipinski definition) is 1. The van der Waals surface area contributed by atoms with E-state index in [2.05, 4.69) is 10.2 Å². The summed E-state index contributed by atoms with van der Waals surface area (Å²) in [6, 6.07) is 9.56. The smallest absolute Gasteiger partial charge is 0.224 e. The van der Waals surface area contributed by atoms with Crippen molar-refractivity contribution < 1.29 is 17.6 Å². The number of aryl methyl sites for hydroxylation is 1. The lowest BCUT2D eigenvalue weighted by atomic mass is 9.75. The summed E-state index contributed by atoms with van der Waals surface area (Å²) in [4.78, 5) is 21.0. The molecule has 1 aromatic heterocycles. The summed E-state index contributed by atoms with van der Waals surface area (Å²) in [7, 11) is -3.01. The number of sulfone groups is 1. The summed E-state index contributed by atoms with van der Waals surface area (Å²) in [5.74, 6) is -1.07. The second-order valence-electron chi connectivity index (χ2n) is 9.99. The van der Waals surface area contributed by atoms with Gasteiger partial charge in [-0.05, 0) is 63.6 Å². The molecule has 2 fully saturated rings. The highest BCUT2D eigenvalue weighted by Crippen LogP contribution is 2.44. The van der Waals surface area contributed by atoms with Crippen molar-refractivity contribution in [3.8, 4) is 16.5 Å². The Morgan fingerprint density at radius 3 is 2.50 bits per heavy atom. The van der Waals surface area contributed by atoms with Crippen LogP contribution in [0.3, 0.4) is 0 Å². The molecule has 10 heteroatoms. The van der Waals surface area contributed by atoms with Gasteiger partial charge in [0.15, 0.2) is 0 Å². The number of piperidine rings is 1. The highest BCUT2D eigenvalue weighted by Gasteiger charge is 2.39. The van der Waals surface area contributed by atoms with Crippen molar-refractivity contribution in [3.05, 3.63) is 35.0 Å². The number of hydrogen-bond acceptors (Lipinski definition) is 7. The van der Waals surface area contributed by atoms with Gasteiger partial charge in [-0.2, -0.15) is 5.26 Å². The SMILES string of the molecule is Cc1nc(C2CCC(F)CC2C(=O)NC(C)C#N)c(-c2ccc(N3CCC(S(C)(=O)=O)CC3)cc2)s1. The Kier molecular flexibility index (Phi) is 8.00. The zero-order valence-electron chi connectivity index (χ0n) is 20.9. The Balaban J connectivity index is 1.55. The molecule has 2 heterocycles. The molecule has 1 saturated heterocycles. The Hall–Kier alpha value is -2.51. The van der Waals surface area contributed by atoms with Crippen molar-refractivity contribution in [2.75, 3.05) is 24.2 Å². The number of halogens is 1. The maximum Gasteiger partial charge on any atom is 0.224 e. The molecule has 2 aliphatic rings. The van der Waals surface area contributed by atoms with Gasteiger partial charge in [0.1, 0.15) is 22.1 Å². The summed E-state index contributed by atoms with van der Waals surface area (Å²) in [5, 5.41) is 12.4. The van der Waals surface area contributed by atoms with Gasteiger partial charge in [-0.25, -0.2) is 17.8 Å². The van der Waals surface area contributed by atoms with Crippen molar-refractivity contribution in [1.82, 2.24) is 10.3 Å². The van der Waals surface area contributed by atoms with E-state index in [1.807, 2.05) is 37.3 Å². The number of nitriles is 1. The zero-order valence-corrected chi connectivity index (χ0v) is 22.5. The highest BCUT2D eigenvalue weighted by molar-refractivity contribution is 7.91. The standard InChI is InChI=1S/C26H33FN4O3S2/c1-16(15-28)29-26(32)23-14-19(27)6-9-22(23)24-25(35-17(2)30-24)18-4-7-20(8-5-18)31-12-10-21(11-13-31)36(3,33)34/h4-5,7-8,16,19,21-23H,6,9-14H2,1-3H3,(H,29,32). The Morgan fingerprint density at radius 2 is 1.89 bits per heavy atom. The third-order valence-electron chi connectivity index (χ3n) is 7.33. The molecular weight excluding hydrogens is 499 g/mol. The van der Waals surface area contributed by atoms with Crippen LogP contribution in [0.5, 0.6) is 0 Å². The quantitative estimate of drug-likeness (QED) is 0.592. The van der Waals surface area contributed by atoms with Crippen LogP contribution in [-0.4, -0.2) is 56.1 Å². The summed E-state index contributed by atoms with van der Waals surface area (Å²) >= 11 is 1.57. The number of nitrogens with zero attached hydrogens (tertiary/aromatic N) is 3. The normalized spacial score (nSPS) is 24.2. The van der Waals surface area contributed by atoms with Crippen LogP contribution in [0.25, 0.3) is 10.4 Å². The first-order valence-electron chi connectivity index (χ1n) is 12.4. The van der Waals surface area contributed by atoms with Crippen molar-refractivity contribution in [2.45, 2.75) is 69.3 Å². The van der Waals surface area contributed by atoms with Gasteiger partial charge >= 0.3 is 0 Å². The molecule has 1 aromatic carbocycles. The molecule has 194 valence electrons. The highest BCUT2D eigenvalue weighted by atomic mass is 32.2. The lowest BCUT2D eigenvalue weighted by Crippen LogP contribution is -2.41. The number of carbonyl (C=O) groups is 1. The van der Waals surface area contributed by atoms with E-state index in [-0.39, 0.29) is 23.5 Å². The number of benzene rings is 1. The first-order valence-corrected chi connectivity index (χ1v) is 15.2. The van der Waals surface area contributed by atoms with Gasteiger partial charge in [0.2, 0.25) is 5.91 Å². The third-order valence-corrected chi connectivity index (χ3v) is 10.0.